The molecule has 25 heavy (non-hydrogen) atoms. The van der Waals surface area contributed by atoms with Crippen LogP contribution in [-0.4, -0.2) is 39.5 Å². The van der Waals surface area contributed by atoms with Crippen molar-refractivity contribution in [3.8, 4) is 12.3 Å². The first-order valence-electron chi connectivity index (χ1n) is 7.73. The highest BCUT2D eigenvalue weighted by Gasteiger charge is 2.25. The summed E-state index contributed by atoms with van der Waals surface area (Å²) in [7, 11) is -2.29. The zero-order chi connectivity index (χ0) is 19.1. The lowest BCUT2D eigenvalue weighted by Crippen LogP contribution is -2.48. The Hall–Kier alpha value is -2.37. The quantitative estimate of drug-likeness (QED) is 0.529. The van der Waals surface area contributed by atoms with Crippen molar-refractivity contribution >= 4 is 21.9 Å². The van der Waals surface area contributed by atoms with Gasteiger partial charge in [0.25, 0.3) is 5.91 Å². The van der Waals surface area contributed by atoms with Gasteiger partial charge in [0.15, 0.2) is 6.61 Å². The monoisotopic (exact) mass is 366 g/mol. The highest BCUT2D eigenvalue weighted by molar-refractivity contribution is 7.89. The second-order valence-electron chi connectivity index (χ2n) is 5.29. The van der Waals surface area contributed by atoms with Crippen LogP contribution in [0.1, 0.15) is 37.0 Å². The van der Waals surface area contributed by atoms with Crippen molar-refractivity contribution in [1.82, 2.24) is 10.0 Å². The first-order valence-corrected chi connectivity index (χ1v) is 9.21. The second kappa shape index (κ2) is 8.65. The molecular weight excluding hydrogens is 344 g/mol. The molecule has 136 valence electrons. The lowest BCUT2D eigenvalue weighted by molar-refractivity contribution is -0.125. The fourth-order valence-corrected chi connectivity index (χ4v) is 2.80. The van der Waals surface area contributed by atoms with Crippen LogP contribution in [0.25, 0.3) is 0 Å². The number of hydrogen-bond acceptors (Lipinski definition) is 5. The Labute approximate surface area is 148 Å². The van der Waals surface area contributed by atoms with Crippen molar-refractivity contribution in [2.24, 2.45) is 0 Å². The summed E-state index contributed by atoms with van der Waals surface area (Å²) in [4.78, 5) is 23.9. The maximum atomic E-state index is 11.9. The Morgan fingerprint density at radius 1 is 1.20 bits per heavy atom. The summed E-state index contributed by atoms with van der Waals surface area (Å²) in [6.45, 7) is 3.24. The van der Waals surface area contributed by atoms with Gasteiger partial charge in [-0.15, -0.1) is 6.42 Å². The lowest BCUT2D eigenvalue weighted by atomic mass is 9.94. The fraction of sp³-hybridized carbons (Fsp3) is 0.412. The van der Waals surface area contributed by atoms with Crippen molar-refractivity contribution in [1.29, 1.82) is 0 Å². The van der Waals surface area contributed by atoms with Crippen LogP contribution >= 0.6 is 0 Å². The van der Waals surface area contributed by atoms with E-state index in [4.69, 9.17) is 11.2 Å². The van der Waals surface area contributed by atoms with E-state index in [9.17, 15) is 18.0 Å². The Morgan fingerprint density at radius 2 is 1.76 bits per heavy atom. The number of hydrogen-bond donors (Lipinski definition) is 2. The van der Waals surface area contributed by atoms with Gasteiger partial charge in [0.1, 0.15) is 5.54 Å². The van der Waals surface area contributed by atoms with Gasteiger partial charge in [-0.1, -0.05) is 19.8 Å². The Kier molecular flexibility index (Phi) is 7.15. The number of terminal acetylenes is 1. The third kappa shape index (κ3) is 5.31. The zero-order valence-corrected chi connectivity index (χ0v) is 15.3. The van der Waals surface area contributed by atoms with E-state index in [1.165, 1.54) is 31.3 Å². The van der Waals surface area contributed by atoms with E-state index in [0.29, 0.717) is 12.8 Å². The molecule has 0 fully saturated rings. The number of carbonyl (C=O) groups is 2. The molecule has 1 aromatic rings. The minimum absolute atomic E-state index is 0.0222. The maximum absolute atomic E-state index is 11.9. The molecule has 0 aliphatic heterocycles. The van der Waals surface area contributed by atoms with E-state index in [0.717, 1.165) is 0 Å². The van der Waals surface area contributed by atoms with Gasteiger partial charge in [0.05, 0.1) is 10.5 Å². The van der Waals surface area contributed by atoms with Gasteiger partial charge >= 0.3 is 5.97 Å². The molecule has 1 amide bonds. The summed E-state index contributed by atoms with van der Waals surface area (Å²) in [6, 6.07) is 5.18. The summed E-state index contributed by atoms with van der Waals surface area (Å²) in [5.74, 6) is 1.33. The number of nitrogens with one attached hydrogen (secondary N) is 2. The van der Waals surface area contributed by atoms with Crippen LogP contribution in [0.3, 0.4) is 0 Å². The Bertz CT molecular complexity index is 759. The van der Waals surface area contributed by atoms with Gasteiger partial charge in [-0.2, -0.15) is 0 Å². The molecule has 0 aliphatic rings. The van der Waals surface area contributed by atoms with E-state index in [-0.39, 0.29) is 10.5 Å². The SMILES string of the molecule is C#CC(CC)(CC)NC(=O)COC(=O)c1ccc(S(=O)(=O)NC)cc1. The molecule has 1 aromatic carbocycles. The zero-order valence-electron chi connectivity index (χ0n) is 14.5. The summed E-state index contributed by atoms with van der Waals surface area (Å²) in [5, 5.41) is 2.68. The molecule has 0 radical (unpaired) electrons. The number of carbonyl (C=O) groups excluding carboxylic acids is 2. The molecule has 0 aromatic heterocycles. The summed E-state index contributed by atoms with van der Waals surface area (Å²) < 4.78 is 30.3. The fourth-order valence-electron chi connectivity index (χ4n) is 2.07. The third-order valence-corrected chi connectivity index (χ3v) is 5.30. The lowest BCUT2D eigenvalue weighted by Gasteiger charge is -2.26. The van der Waals surface area contributed by atoms with E-state index in [2.05, 4.69) is 16.0 Å². The Balaban J connectivity index is 2.69. The van der Waals surface area contributed by atoms with Crippen molar-refractivity contribution in [2.75, 3.05) is 13.7 Å². The van der Waals surface area contributed by atoms with Gasteiger partial charge in [-0.05, 0) is 44.2 Å². The average Bonchev–Trinajstić information content (AvgIpc) is 2.64. The molecule has 0 aliphatic carbocycles. The molecule has 0 heterocycles. The average molecular weight is 366 g/mol. The Morgan fingerprint density at radius 3 is 2.20 bits per heavy atom. The molecule has 8 heteroatoms. The topological polar surface area (TPSA) is 102 Å². The maximum Gasteiger partial charge on any atom is 0.338 e. The van der Waals surface area contributed by atoms with Gasteiger partial charge in [0, 0.05) is 0 Å². The predicted octanol–water partition coefficient (Wildman–Crippen LogP) is 1.06. The van der Waals surface area contributed by atoms with Crippen LogP contribution < -0.4 is 10.0 Å². The van der Waals surface area contributed by atoms with Crippen LogP contribution in [0.15, 0.2) is 29.2 Å². The number of sulfonamides is 1. The van der Waals surface area contributed by atoms with Gasteiger partial charge in [-0.3, -0.25) is 4.79 Å². The summed E-state index contributed by atoms with van der Waals surface area (Å²) in [6.07, 6.45) is 6.57. The van der Waals surface area contributed by atoms with E-state index in [1.54, 1.807) is 0 Å². The van der Waals surface area contributed by atoms with Crippen molar-refractivity contribution in [2.45, 2.75) is 37.1 Å². The molecule has 0 atom stereocenters. The highest BCUT2D eigenvalue weighted by atomic mass is 32.2. The van der Waals surface area contributed by atoms with Gasteiger partial charge in [-0.25, -0.2) is 17.9 Å². The van der Waals surface area contributed by atoms with E-state index >= 15 is 0 Å². The van der Waals surface area contributed by atoms with Crippen LogP contribution in [0.5, 0.6) is 0 Å². The first kappa shape index (κ1) is 20.7. The smallest absolute Gasteiger partial charge is 0.338 e. The third-order valence-electron chi connectivity index (χ3n) is 3.87. The van der Waals surface area contributed by atoms with Crippen molar-refractivity contribution in [3.05, 3.63) is 29.8 Å². The van der Waals surface area contributed by atoms with Crippen LogP contribution in [-0.2, 0) is 19.6 Å². The minimum Gasteiger partial charge on any atom is -0.452 e. The molecule has 0 spiro atoms. The summed E-state index contributed by atoms with van der Waals surface area (Å²) >= 11 is 0. The van der Waals surface area contributed by atoms with Gasteiger partial charge < -0.3 is 10.1 Å². The molecule has 1 rings (SSSR count). The summed E-state index contributed by atoms with van der Waals surface area (Å²) in [5.41, 5.74) is -0.621. The number of amides is 1. The highest BCUT2D eigenvalue weighted by Crippen LogP contribution is 2.14. The van der Waals surface area contributed by atoms with E-state index in [1.807, 2.05) is 13.8 Å². The molecule has 7 nitrogen and oxygen atoms in total. The van der Waals surface area contributed by atoms with Crippen LogP contribution in [0.2, 0.25) is 0 Å². The largest absolute Gasteiger partial charge is 0.452 e. The minimum atomic E-state index is -3.58. The standard InChI is InChI=1S/C17H22N2O5S/c1-5-17(6-2,7-3)19-15(20)12-24-16(21)13-8-10-14(11-9-13)25(22,23)18-4/h1,8-11,18H,6-7,12H2,2-4H3,(H,19,20). The molecular formula is C17H22N2O5S. The normalized spacial score (nSPS) is 11.4. The van der Waals surface area contributed by atoms with Crippen LogP contribution in [0, 0.1) is 12.3 Å². The number of ether oxygens (including phenoxy) is 1. The van der Waals surface area contributed by atoms with Gasteiger partial charge in [0.2, 0.25) is 10.0 Å². The number of esters is 1. The predicted molar refractivity (Wildman–Crippen MR) is 93.3 cm³/mol. The molecule has 0 saturated carbocycles. The molecule has 0 bridgehead atoms. The molecule has 0 unspecified atom stereocenters. The second-order valence-corrected chi connectivity index (χ2v) is 7.18. The first-order chi connectivity index (χ1) is 11.7. The molecule has 2 N–H and O–H groups in total. The van der Waals surface area contributed by atoms with E-state index < -0.39 is 34.0 Å². The number of benzene rings is 1. The van der Waals surface area contributed by atoms with Crippen molar-refractivity contribution in [3.63, 3.8) is 0 Å². The van der Waals surface area contributed by atoms with Crippen LogP contribution in [0.4, 0.5) is 0 Å². The molecule has 0 saturated heterocycles. The van der Waals surface area contributed by atoms with Crippen molar-refractivity contribution < 1.29 is 22.7 Å². The number of rotatable bonds is 8.